The molecule has 1 fully saturated rings. The molecule has 1 aliphatic rings. The Kier molecular flexibility index (Phi) is 5.03. The number of sulfone groups is 1. The van der Waals surface area contributed by atoms with E-state index < -0.39 is 15.6 Å². The average Bonchev–Trinajstić information content (AvgIpc) is 3.03. The van der Waals surface area contributed by atoms with Crippen LogP contribution in [0.3, 0.4) is 0 Å². The van der Waals surface area contributed by atoms with Crippen LogP contribution in [-0.4, -0.2) is 42.0 Å². The quantitative estimate of drug-likeness (QED) is 0.779. The summed E-state index contributed by atoms with van der Waals surface area (Å²) in [5, 5.41) is 0.528. The zero-order valence-electron chi connectivity index (χ0n) is 13.6. The molecule has 2 heterocycles. The normalized spacial score (nSPS) is 20.2. The number of unbranched alkanes of at least 4 members (excludes halogenated alkanes) is 1. The summed E-state index contributed by atoms with van der Waals surface area (Å²) in [4.78, 5) is 14.3. The number of rotatable bonds is 6. The maximum atomic E-state index is 12.2. The van der Waals surface area contributed by atoms with Crippen molar-refractivity contribution < 1.29 is 12.8 Å². The van der Waals surface area contributed by atoms with Crippen LogP contribution in [0.1, 0.15) is 26.2 Å². The van der Waals surface area contributed by atoms with Crippen molar-refractivity contribution in [3.8, 4) is 0 Å². The Morgan fingerprint density at radius 3 is 2.88 bits per heavy atom. The lowest BCUT2D eigenvalue weighted by molar-refractivity contribution is 0.159. The van der Waals surface area contributed by atoms with Gasteiger partial charge >= 0.3 is 5.76 Å². The Bertz CT molecular complexity index is 887. The first kappa shape index (κ1) is 17.5. The summed E-state index contributed by atoms with van der Waals surface area (Å²) < 4.78 is 30.4. The Hall–Kier alpha value is -1.31. The zero-order chi connectivity index (χ0) is 17.3. The van der Waals surface area contributed by atoms with E-state index in [1.165, 1.54) is 4.57 Å². The summed E-state index contributed by atoms with van der Waals surface area (Å²) >= 11 is 6.03. The van der Waals surface area contributed by atoms with Crippen LogP contribution in [0.4, 0.5) is 0 Å². The molecule has 1 aromatic carbocycles. The van der Waals surface area contributed by atoms with Crippen LogP contribution < -0.4 is 5.76 Å². The maximum Gasteiger partial charge on any atom is 0.421 e. The highest BCUT2D eigenvalue weighted by atomic mass is 35.5. The summed E-state index contributed by atoms with van der Waals surface area (Å²) in [5.41, 5.74) is 1.12. The van der Waals surface area contributed by atoms with Gasteiger partial charge in [0.15, 0.2) is 15.4 Å². The molecule has 2 aromatic rings. The molecule has 0 unspecified atom stereocenters. The average molecular weight is 373 g/mol. The number of hydrogen-bond acceptors (Lipinski definition) is 5. The lowest BCUT2D eigenvalue weighted by Gasteiger charge is -2.27. The molecule has 0 N–H and O–H groups in total. The number of benzene rings is 1. The Morgan fingerprint density at radius 1 is 1.42 bits per heavy atom. The maximum absolute atomic E-state index is 12.2. The van der Waals surface area contributed by atoms with E-state index in [0.29, 0.717) is 29.2 Å². The van der Waals surface area contributed by atoms with E-state index in [9.17, 15) is 13.2 Å². The Morgan fingerprint density at radius 2 is 2.21 bits per heavy atom. The van der Waals surface area contributed by atoms with Crippen LogP contribution >= 0.6 is 11.6 Å². The van der Waals surface area contributed by atoms with Gasteiger partial charge < -0.3 is 4.42 Å². The van der Waals surface area contributed by atoms with Gasteiger partial charge in [0.1, 0.15) is 0 Å². The molecule has 6 nitrogen and oxygen atoms in total. The molecule has 0 amide bonds. The number of halogens is 1. The van der Waals surface area contributed by atoms with Crippen LogP contribution in [0.5, 0.6) is 0 Å². The molecule has 132 valence electrons. The van der Waals surface area contributed by atoms with E-state index in [-0.39, 0.29) is 17.5 Å². The van der Waals surface area contributed by atoms with Gasteiger partial charge in [-0.3, -0.25) is 9.47 Å². The molecule has 1 saturated heterocycles. The second kappa shape index (κ2) is 6.90. The van der Waals surface area contributed by atoms with Crippen LogP contribution in [0.15, 0.2) is 27.4 Å². The van der Waals surface area contributed by atoms with E-state index in [1.807, 2.05) is 0 Å². The molecule has 1 atom stereocenters. The lowest BCUT2D eigenvalue weighted by atomic mass is 10.2. The lowest BCUT2D eigenvalue weighted by Crippen LogP contribution is -2.40. The molecule has 3 rings (SSSR count). The highest BCUT2D eigenvalue weighted by molar-refractivity contribution is 7.91. The molecule has 0 spiro atoms. The van der Waals surface area contributed by atoms with Gasteiger partial charge in [-0.1, -0.05) is 24.9 Å². The van der Waals surface area contributed by atoms with E-state index in [0.717, 1.165) is 19.4 Å². The molecular weight excluding hydrogens is 352 g/mol. The SMILES string of the molecule is CCCCN(Cn1c(=O)oc2ccc(Cl)cc21)[C@H]1CCS(=O)(=O)C1. The molecule has 1 aliphatic heterocycles. The van der Waals surface area contributed by atoms with E-state index in [2.05, 4.69) is 11.8 Å². The van der Waals surface area contributed by atoms with Crippen molar-refractivity contribution in [1.82, 2.24) is 9.47 Å². The van der Waals surface area contributed by atoms with Gasteiger partial charge in [-0.15, -0.1) is 0 Å². The minimum Gasteiger partial charge on any atom is -0.408 e. The highest BCUT2D eigenvalue weighted by Gasteiger charge is 2.32. The molecule has 24 heavy (non-hydrogen) atoms. The van der Waals surface area contributed by atoms with Gasteiger partial charge in [-0.2, -0.15) is 0 Å². The van der Waals surface area contributed by atoms with E-state index in [4.69, 9.17) is 16.0 Å². The van der Waals surface area contributed by atoms with Crippen molar-refractivity contribution in [2.75, 3.05) is 18.1 Å². The van der Waals surface area contributed by atoms with Crippen molar-refractivity contribution in [2.45, 2.75) is 38.9 Å². The van der Waals surface area contributed by atoms with Crippen LogP contribution in [0.2, 0.25) is 5.02 Å². The molecule has 1 aromatic heterocycles. The summed E-state index contributed by atoms with van der Waals surface area (Å²) in [5.74, 6) is -0.0792. The fourth-order valence-electron chi connectivity index (χ4n) is 3.14. The topological polar surface area (TPSA) is 72.5 Å². The van der Waals surface area contributed by atoms with Gasteiger partial charge in [0.2, 0.25) is 0 Å². The predicted molar refractivity (Wildman–Crippen MR) is 94.2 cm³/mol. The Balaban J connectivity index is 1.91. The van der Waals surface area contributed by atoms with Gasteiger partial charge in [0, 0.05) is 17.6 Å². The first-order valence-corrected chi connectivity index (χ1v) is 10.3. The standard InChI is InChI=1S/C16H21ClN2O4S/c1-2-3-7-18(13-6-8-24(21,22)10-13)11-19-14-9-12(17)4-5-15(14)23-16(19)20/h4-5,9,13H,2-3,6-8,10-11H2,1H3/t13-/m0/s1. The minimum atomic E-state index is -2.98. The first-order chi connectivity index (χ1) is 11.4. The summed E-state index contributed by atoms with van der Waals surface area (Å²) in [6, 6.07) is 4.99. The molecule has 0 radical (unpaired) electrons. The third-order valence-corrected chi connectivity index (χ3v) is 6.46. The van der Waals surface area contributed by atoms with Crippen LogP contribution in [0.25, 0.3) is 11.1 Å². The number of fused-ring (bicyclic) bond motifs is 1. The highest BCUT2D eigenvalue weighted by Crippen LogP contribution is 2.22. The number of oxazole rings is 1. The van der Waals surface area contributed by atoms with Crippen LogP contribution in [-0.2, 0) is 16.5 Å². The third kappa shape index (κ3) is 3.68. The zero-order valence-corrected chi connectivity index (χ0v) is 15.1. The second-order valence-corrected chi connectivity index (χ2v) is 8.94. The molecule has 8 heteroatoms. The number of nitrogens with zero attached hydrogens (tertiary/aromatic N) is 2. The van der Waals surface area contributed by atoms with Gasteiger partial charge in [-0.25, -0.2) is 13.2 Å². The summed E-state index contributed by atoms with van der Waals surface area (Å²) in [6.45, 7) is 3.14. The first-order valence-electron chi connectivity index (χ1n) is 8.13. The monoisotopic (exact) mass is 372 g/mol. The molecule has 0 aliphatic carbocycles. The van der Waals surface area contributed by atoms with Gasteiger partial charge in [0.25, 0.3) is 0 Å². The van der Waals surface area contributed by atoms with Crippen LogP contribution in [0, 0.1) is 0 Å². The Labute approximate surface area is 145 Å². The van der Waals surface area contributed by atoms with Gasteiger partial charge in [-0.05, 0) is 31.0 Å². The molecular formula is C16H21ClN2O4S. The molecule has 0 saturated carbocycles. The van der Waals surface area contributed by atoms with Crippen molar-refractivity contribution in [1.29, 1.82) is 0 Å². The van der Waals surface area contributed by atoms with Gasteiger partial charge in [0.05, 0.1) is 23.7 Å². The number of hydrogen-bond donors (Lipinski definition) is 0. The fourth-order valence-corrected chi connectivity index (χ4v) is 5.07. The minimum absolute atomic E-state index is 0.0578. The second-order valence-electron chi connectivity index (χ2n) is 6.27. The van der Waals surface area contributed by atoms with E-state index >= 15 is 0 Å². The molecule has 0 bridgehead atoms. The fraction of sp³-hybridized carbons (Fsp3) is 0.562. The van der Waals surface area contributed by atoms with Crippen molar-refractivity contribution in [3.63, 3.8) is 0 Å². The summed E-state index contributed by atoms with van der Waals surface area (Å²) in [6.07, 6.45) is 2.56. The number of aromatic nitrogens is 1. The van der Waals surface area contributed by atoms with Crippen molar-refractivity contribution in [3.05, 3.63) is 33.8 Å². The predicted octanol–water partition coefficient (Wildman–Crippen LogP) is 2.49. The van der Waals surface area contributed by atoms with Crippen molar-refractivity contribution >= 4 is 32.5 Å². The largest absolute Gasteiger partial charge is 0.421 e. The summed E-state index contributed by atoms with van der Waals surface area (Å²) in [7, 11) is -2.98. The van der Waals surface area contributed by atoms with E-state index in [1.54, 1.807) is 18.2 Å². The smallest absolute Gasteiger partial charge is 0.408 e. The third-order valence-electron chi connectivity index (χ3n) is 4.48. The van der Waals surface area contributed by atoms with Crippen molar-refractivity contribution in [2.24, 2.45) is 0 Å².